The van der Waals surface area contributed by atoms with Crippen LogP contribution in [0.25, 0.3) is 0 Å². The number of anilines is 1. The zero-order valence-corrected chi connectivity index (χ0v) is 18.6. The van der Waals surface area contributed by atoms with Crippen molar-refractivity contribution in [2.75, 3.05) is 18.5 Å². The van der Waals surface area contributed by atoms with E-state index in [2.05, 4.69) is 15.8 Å². The summed E-state index contributed by atoms with van der Waals surface area (Å²) in [5, 5.41) is 17.1. The molecule has 10 nitrogen and oxygen atoms in total. The van der Waals surface area contributed by atoms with Crippen molar-refractivity contribution < 1.29 is 28.4 Å². The first-order chi connectivity index (χ1) is 16.9. The minimum absolute atomic E-state index is 0.0462. The maximum atomic E-state index is 13.7. The van der Waals surface area contributed by atoms with Gasteiger partial charge in [0.25, 0.3) is 17.5 Å². The van der Waals surface area contributed by atoms with Gasteiger partial charge in [-0.1, -0.05) is 18.2 Å². The Labute approximate surface area is 199 Å². The molecule has 0 bridgehead atoms. The Kier molecular flexibility index (Phi) is 8.43. The minimum Gasteiger partial charge on any atom is -0.490 e. The van der Waals surface area contributed by atoms with E-state index in [-0.39, 0.29) is 29.3 Å². The maximum Gasteiger partial charge on any atom is 0.271 e. The van der Waals surface area contributed by atoms with Crippen molar-refractivity contribution in [3.8, 4) is 11.5 Å². The third kappa shape index (κ3) is 7.09. The van der Waals surface area contributed by atoms with E-state index in [0.29, 0.717) is 17.9 Å². The number of ether oxygens (including phenoxy) is 2. The lowest BCUT2D eigenvalue weighted by molar-refractivity contribution is -0.384. The van der Waals surface area contributed by atoms with Crippen molar-refractivity contribution in [2.24, 2.45) is 5.10 Å². The molecule has 0 spiro atoms. The van der Waals surface area contributed by atoms with Crippen LogP contribution < -0.4 is 20.2 Å². The molecule has 0 atom stereocenters. The van der Waals surface area contributed by atoms with Crippen molar-refractivity contribution >= 4 is 29.4 Å². The number of nitrogens with one attached hydrogen (secondary N) is 2. The number of hydrogen-bond acceptors (Lipinski definition) is 7. The number of nitrogens with zero attached hydrogens (tertiary/aromatic N) is 2. The molecule has 0 unspecified atom stereocenters. The zero-order chi connectivity index (χ0) is 25.2. The van der Waals surface area contributed by atoms with E-state index in [0.717, 1.165) is 6.07 Å². The first-order valence-electron chi connectivity index (χ1n) is 10.4. The fraction of sp³-hybridized carbons (Fsp3) is 0.125. The second-order valence-corrected chi connectivity index (χ2v) is 6.96. The van der Waals surface area contributed by atoms with Crippen LogP contribution in [-0.2, 0) is 4.79 Å². The lowest BCUT2D eigenvalue weighted by Crippen LogP contribution is -2.21. The molecule has 180 valence electrons. The van der Waals surface area contributed by atoms with Crippen molar-refractivity contribution in [3.05, 3.63) is 93.8 Å². The number of carbonyl (C=O) groups excluding carboxylic acids is 2. The smallest absolute Gasteiger partial charge is 0.271 e. The summed E-state index contributed by atoms with van der Waals surface area (Å²) >= 11 is 0. The normalized spacial score (nSPS) is 10.6. The number of non-ortho nitro benzene ring substituents is 1. The summed E-state index contributed by atoms with van der Waals surface area (Å²) in [6, 6.07) is 15.8. The maximum absolute atomic E-state index is 13.7. The molecule has 0 heterocycles. The van der Waals surface area contributed by atoms with E-state index >= 15 is 0 Å². The Morgan fingerprint density at radius 1 is 1.06 bits per heavy atom. The number of para-hydroxylation sites is 1. The average molecular weight is 480 g/mol. The molecule has 2 N–H and O–H groups in total. The van der Waals surface area contributed by atoms with Gasteiger partial charge in [-0.15, -0.1) is 0 Å². The molecule has 3 aromatic rings. The number of rotatable bonds is 10. The Bertz CT molecular complexity index is 1260. The fourth-order valence-electron chi connectivity index (χ4n) is 2.88. The molecule has 35 heavy (non-hydrogen) atoms. The molecule has 0 aliphatic carbocycles. The Morgan fingerprint density at radius 3 is 2.60 bits per heavy atom. The van der Waals surface area contributed by atoms with Crippen LogP contribution in [0.4, 0.5) is 15.8 Å². The van der Waals surface area contributed by atoms with Gasteiger partial charge in [-0.05, 0) is 48.9 Å². The van der Waals surface area contributed by atoms with Crippen LogP contribution in [0.15, 0.2) is 71.8 Å². The molecule has 0 aliphatic heterocycles. The number of benzene rings is 3. The number of hydrazone groups is 1. The summed E-state index contributed by atoms with van der Waals surface area (Å²) in [5.74, 6) is -1.10. The van der Waals surface area contributed by atoms with Crippen LogP contribution in [0.5, 0.6) is 11.5 Å². The molecule has 0 aliphatic rings. The summed E-state index contributed by atoms with van der Waals surface area (Å²) in [6.07, 6.45) is 1.35. The second-order valence-electron chi connectivity index (χ2n) is 6.96. The van der Waals surface area contributed by atoms with Crippen LogP contribution in [0.1, 0.15) is 22.8 Å². The summed E-state index contributed by atoms with van der Waals surface area (Å²) in [4.78, 5) is 34.6. The van der Waals surface area contributed by atoms with Crippen LogP contribution >= 0.6 is 0 Å². The highest BCUT2D eigenvalue weighted by atomic mass is 19.1. The number of nitro benzene ring substituents is 1. The first-order valence-corrected chi connectivity index (χ1v) is 10.4. The highest BCUT2D eigenvalue weighted by molar-refractivity contribution is 5.95. The van der Waals surface area contributed by atoms with Crippen molar-refractivity contribution in [2.45, 2.75) is 6.92 Å². The predicted octanol–water partition coefficient (Wildman–Crippen LogP) is 3.91. The van der Waals surface area contributed by atoms with E-state index in [4.69, 9.17) is 9.47 Å². The number of halogens is 1. The van der Waals surface area contributed by atoms with Crippen LogP contribution in [0.3, 0.4) is 0 Å². The van der Waals surface area contributed by atoms with Crippen LogP contribution in [0.2, 0.25) is 0 Å². The summed E-state index contributed by atoms with van der Waals surface area (Å²) in [7, 11) is 0. The first kappa shape index (κ1) is 24.8. The highest BCUT2D eigenvalue weighted by Gasteiger charge is 2.12. The Hall–Kier alpha value is -4.80. The highest BCUT2D eigenvalue weighted by Crippen LogP contribution is 2.28. The number of carbonyl (C=O) groups is 2. The van der Waals surface area contributed by atoms with E-state index in [1.807, 2.05) is 0 Å². The van der Waals surface area contributed by atoms with Gasteiger partial charge < -0.3 is 14.8 Å². The zero-order valence-electron chi connectivity index (χ0n) is 18.6. The second kappa shape index (κ2) is 11.9. The van der Waals surface area contributed by atoms with Crippen molar-refractivity contribution in [1.29, 1.82) is 0 Å². The SMILES string of the molecule is CCOc1cc(/C=N/NC(=O)c2cccc([N+](=O)[O-])c2)ccc1OCC(=O)Nc1ccccc1F. The van der Waals surface area contributed by atoms with Gasteiger partial charge in [0.15, 0.2) is 18.1 Å². The third-order valence-corrected chi connectivity index (χ3v) is 4.47. The standard InChI is InChI=1S/C24H21FN4O6/c1-2-34-22-12-16(14-26-28-24(31)17-6-5-7-18(13-17)29(32)33)10-11-21(22)35-15-23(30)27-20-9-4-3-8-19(20)25/h3-14H,2,15H2,1H3,(H,27,30)(H,28,31)/b26-14+. The van der Waals surface area contributed by atoms with Gasteiger partial charge in [0.1, 0.15) is 5.82 Å². The molecule has 0 saturated heterocycles. The Balaban J connectivity index is 1.62. The molecular weight excluding hydrogens is 459 g/mol. The lowest BCUT2D eigenvalue weighted by atomic mass is 10.2. The largest absolute Gasteiger partial charge is 0.490 e. The van der Waals surface area contributed by atoms with Crippen molar-refractivity contribution in [1.82, 2.24) is 5.43 Å². The van der Waals surface area contributed by atoms with Gasteiger partial charge in [-0.25, -0.2) is 9.82 Å². The van der Waals surface area contributed by atoms with Gasteiger partial charge in [0, 0.05) is 17.7 Å². The quantitative estimate of drug-likeness (QED) is 0.257. The summed E-state index contributed by atoms with van der Waals surface area (Å²) in [5.41, 5.74) is 2.78. The van der Waals surface area contributed by atoms with E-state index in [1.165, 1.54) is 42.6 Å². The molecular formula is C24H21FN4O6. The molecule has 2 amide bonds. The number of nitro groups is 1. The molecule has 11 heteroatoms. The van der Waals surface area contributed by atoms with Crippen LogP contribution in [0, 0.1) is 15.9 Å². The van der Waals surface area contributed by atoms with E-state index in [1.54, 1.807) is 31.2 Å². The van der Waals surface area contributed by atoms with Gasteiger partial charge in [-0.2, -0.15) is 5.10 Å². The third-order valence-electron chi connectivity index (χ3n) is 4.47. The summed E-state index contributed by atoms with van der Waals surface area (Å²) < 4.78 is 24.7. The Morgan fingerprint density at radius 2 is 1.86 bits per heavy atom. The predicted molar refractivity (Wildman–Crippen MR) is 126 cm³/mol. The minimum atomic E-state index is -0.615. The van der Waals surface area contributed by atoms with Gasteiger partial charge in [-0.3, -0.25) is 19.7 Å². The number of amides is 2. The van der Waals surface area contributed by atoms with E-state index < -0.39 is 22.6 Å². The van der Waals surface area contributed by atoms with E-state index in [9.17, 15) is 24.1 Å². The molecule has 3 aromatic carbocycles. The monoisotopic (exact) mass is 480 g/mol. The van der Waals surface area contributed by atoms with Crippen LogP contribution in [-0.4, -0.2) is 36.2 Å². The number of hydrogen-bond donors (Lipinski definition) is 2. The van der Waals surface area contributed by atoms with Gasteiger partial charge >= 0.3 is 0 Å². The molecule has 0 saturated carbocycles. The molecule has 0 radical (unpaired) electrons. The average Bonchev–Trinajstić information content (AvgIpc) is 2.85. The van der Waals surface area contributed by atoms with Gasteiger partial charge in [0.05, 0.1) is 23.4 Å². The fourth-order valence-corrected chi connectivity index (χ4v) is 2.88. The topological polar surface area (TPSA) is 132 Å². The lowest BCUT2D eigenvalue weighted by Gasteiger charge is -2.13. The van der Waals surface area contributed by atoms with Gasteiger partial charge in [0.2, 0.25) is 0 Å². The molecule has 3 rings (SSSR count). The molecule has 0 aromatic heterocycles. The van der Waals surface area contributed by atoms with Crippen molar-refractivity contribution in [3.63, 3.8) is 0 Å². The molecule has 0 fully saturated rings. The summed E-state index contributed by atoms with van der Waals surface area (Å²) in [6.45, 7) is 1.72.